The number of benzene rings is 3. The molecule has 1 saturated heterocycles. The number of halogens is 5. The summed E-state index contributed by atoms with van der Waals surface area (Å²) in [5.41, 5.74) is 1.24. The summed E-state index contributed by atoms with van der Waals surface area (Å²) in [6.45, 7) is 1.68. The second-order valence-corrected chi connectivity index (χ2v) is 10.8. The fourth-order valence-electron chi connectivity index (χ4n) is 4.60. The van der Waals surface area contributed by atoms with Gasteiger partial charge in [0.15, 0.2) is 34.7 Å². The number of amides is 1. The minimum absolute atomic E-state index is 0.0666. The number of nitrogens with zero attached hydrogens (tertiary/aromatic N) is 2. The lowest BCUT2D eigenvalue weighted by atomic mass is 9.91. The molecule has 4 unspecified atom stereocenters. The number of carbonyl (C=O) groups is 1. The average molecular weight is 621 g/mol. The van der Waals surface area contributed by atoms with E-state index >= 15 is 0 Å². The zero-order chi connectivity index (χ0) is 30.7. The first-order valence-corrected chi connectivity index (χ1v) is 14.0. The molecule has 1 fully saturated rings. The van der Waals surface area contributed by atoms with E-state index in [1.54, 1.807) is 24.3 Å². The summed E-state index contributed by atoms with van der Waals surface area (Å²) in [6, 6.07) is 14.0. The van der Waals surface area contributed by atoms with Crippen LogP contribution in [0, 0.1) is 35.0 Å². The number of aromatic nitrogens is 3. The Hall–Kier alpha value is -3.85. The fourth-order valence-corrected chi connectivity index (χ4v) is 5.55. The van der Waals surface area contributed by atoms with E-state index in [2.05, 4.69) is 20.5 Å². The van der Waals surface area contributed by atoms with Crippen molar-refractivity contribution in [1.82, 2.24) is 20.5 Å². The summed E-state index contributed by atoms with van der Waals surface area (Å²) in [6.07, 6.45) is 0.0118. The predicted molar refractivity (Wildman–Crippen MR) is 144 cm³/mol. The molecule has 0 saturated carbocycles. The van der Waals surface area contributed by atoms with Crippen LogP contribution in [0.3, 0.4) is 0 Å². The minimum atomic E-state index is -2.34. The third-order valence-corrected chi connectivity index (χ3v) is 8.01. The maximum atomic E-state index is 14.0. The molecule has 1 amide bonds. The van der Waals surface area contributed by atoms with Gasteiger partial charge in [-0.2, -0.15) is 5.10 Å². The number of ether oxygens (including phenoxy) is 2. The van der Waals surface area contributed by atoms with Gasteiger partial charge in [-0.3, -0.25) is 9.89 Å². The van der Waals surface area contributed by atoms with E-state index in [1.165, 1.54) is 18.1 Å². The third-order valence-electron chi connectivity index (χ3n) is 7.04. The second-order valence-electron chi connectivity index (χ2n) is 9.79. The van der Waals surface area contributed by atoms with Crippen LogP contribution in [0.2, 0.25) is 0 Å². The van der Waals surface area contributed by atoms with Gasteiger partial charge in [0.25, 0.3) is 5.91 Å². The van der Waals surface area contributed by atoms with Crippen molar-refractivity contribution in [1.29, 1.82) is 0 Å². The number of hydrogen-bond acceptors (Lipinski definition) is 7. The quantitative estimate of drug-likeness (QED) is 0.0981. The van der Waals surface area contributed by atoms with Crippen molar-refractivity contribution >= 4 is 17.7 Å². The Bertz CT molecular complexity index is 1550. The molecule has 43 heavy (non-hydrogen) atoms. The van der Waals surface area contributed by atoms with Gasteiger partial charge in [0, 0.05) is 23.8 Å². The zero-order valence-corrected chi connectivity index (χ0v) is 23.3. The molecular weight excluding hydrogens is 595 g/mol. The molecule has 8 nitrogen and oxygen atoms in total. The Morgan fingerprint density at radius 1 is 0.907 bits per heavy atom. The zero-order valence-electron chi connectivity index (χ0n) is 22.5. The van der Waals surface area contributed by atoms with Gasteiger partial charge >= 0.3 is 0 Å². The van der Waals surface area contributed by atoms with E-state index in [-0.39, 0.29) is 31.3 Å². The number of aliphatic hydroxyl groups excluding tert-OH is 1. The van der Waals surface area contributed by atoms with Crippen molar-refractivity contribution < 1.29 is 41.3 Å². The number of aromatic amines is 1. The van der Waals surface area contributed by atoms with Crippen LogP contribution >= 0.6 is 11.8 Å². The van der Waals surface area contributed by atoms with Gasteiger partial charge in [-0.15, -0.1) is 0 Å². The Morgan fingerprint density at radius 2 is 1.51 bits per heavy atom. The molecule has 1 aliphatic heterocycles. The van der Waals surface area contributed by atoms with E-state index in [9.17, 15) is 31.9 Å². The number of rotatable bonds is 9. The molecule has 3 aromatic carbocycles. The number of aliphatic hydroxyl groups is 1. The van der Waals surface area contributed by atoms with Gasteiger partial charge < -0.3 is 19.9 Å². The highest BCUT2D eigenvalue weighted by Crippen LogP contribution is 2.42. The summed E-state index contributed by atoms with van der Waals surface area (Å²) in [5.74, 6) is -12.1. The van der Waals surface area contributed by atoms with E-state index in [0.29, 0.717) is 22.0 Å². The predicted octanol–water partition coefficient (Wildman–Crippen LogP) is 5.51. The Kier molecular flexibility index (Phi) is 9.40. The highest BCUT2D eigenvalue weighted by molar-refractivity contribution is 7.99. The molecule has 1 aliphatic rings. The monoisotopic (exact) mass is 620 g/mol. The lowest BCUT2D eigenvalue weighted by Gasteiger charge is -2.41. The number of hydrogen-bond donors (Lipinski definition) is 3. The van der Waals surface area contributed by atoms with Gasteiger partial charge in [-0.1, -0.05) is 67.2 Å². The Balaban J connectivity index is 1.31. The van der Waals surface area contributed by atoms with Crippen molar-refractivity contribution in [2.24, 2.45) is 5.92 Å². The molecule has 0 spiro atoms. The Morgan fingerprint density at radius 3 is 2.12 bits per heavy atom. The van der Waals surface area contributed by atoms with Crippen LogP contribution in [-0.4, -0.2) is 38.1 Å². The first kappa shape index (κ1) is 30.6. The van der Waals surface area contributed by atoms with Crippen molar-refractivity contribution in [2.75, 3.05) is 5.75 Å². The van der Waals surface area contributed by atoms with Crippen LogP contribution in [0.15, 0.2) is 60.0 Å². The largest absolute Gasteiger partial charge is 0.392 e. The molecule has 3 N–H and O–H groups in total. The minimum Gasteiger partial charge on any atom is -0.392 e. The molecule has 14 heteroatoms. The van der Waals surface area contributed by atoms with Crippen molar-refractivity contribution in [3.63, 3.8) is 0 Å². The summed E-state index contributed by atoms with van der Waals surface area (Å²) < 4.78 is 81.0. The van der Waals surface area contributed by atoms with Crippen molar-refractivity contribution in [3.05, 3.63) is 112 Å². The van der Waals surface area contributed by atoms with Gasteiger partial charge in [0.05, 0.1) is 18.8 Å². The maximum Gasteiger partial charge on any atom is 0.257 e. The number of nitrogens with one attached hydrogen (secondary N) is 2. The number of H-pyrrole nitrogens is 1. The molecule has 0 bridgehead atoms. The lowest BCUT2D eigenvalue weighted by molar-refractivity contribution is -0.268. The third kappa shape index (κ3) is 6.56. The summed E-state index contributed by atoms with van der Waals surface area (Å²) in [5, 5.41) is 18.9. The summed E-state index contributed by atoms with van der Waals surface area (Å²) >= 11 is 1.45. The molecule has 226 valence electrons. The molecular formula is C29H25F5N4O4S. The molecule has 4 atom stereocenters. The molecule has 0 radical (unpaired) electrons. The molecule has 2 heterocycles. The first-order valence-electron chi connectivity index (χ1n) is 13.0. The summed E-state index contributed by atoms with van der Waals surface area (Å²) in [4.78, 5) is 16.4. The van der Waals surface area contributed by atoms with Gasteiger partial charge in [0.2, 0.25) is 5.82 Å². The SMILES string of the molecule is CC1C(CSc2ncn[nH]2)OC(c2ccc(CNC(=O)c3c(F)c(F)c(F)c(F)c3F)cc2)OC1c1ccc(CO)cc1. The van der Waals surface area contributed by atoms with Crippen LogP contribution in [0.1, 0.15) is 51.9 Å². The summed E-state index contributed by atoms with van der Waals surface area (Å²) in [7, 11) is 0. The van der Waals surface area contributed by atoms with E-state index < -0.39 is 46.8 Å². The van der Waals surface area contributed by atoms with Crippen molar-refractivity contribution in [3.8, 4) is 0 Å². The Labute approximate surface area is 246 Å². The van der Waals surface area contributed by atoms with Crippen LogP contribution in [-0.2, 0) is 22.6 Å². The lowest BCUT2D eigenvalue weighted by Crippen LogP contribution is -2.38. The number of thioether (sulfide) groups is 1. The van der Waals surface area contributed by atoms with Crippen LogP contribution < -0.4 is 5.32 Å². The van der Waals surface area contributed by atoms with Crippen LogP contribution in [0.25, 0.3) is 0 Å². The molecule has 5 rings (SSSR count). The highest BCUT2D eigenvalue weighted by Gasteiger charge is 2.38. The standard InChI is InChI=1S/C29H25F5N4O4S/c1-14-19(12-43-29-36-13-37-38-29)41-28(42-26(14)17-6-4-16(11-39)5-7-17)18-8-2-15(3-9-18)10-35-27(40)20-21(30)23(32)25(34)24(33)22(20)31/h2-9,13-14,19,26,28,39H,10-12H2,1H3,(H,35,40)(H,36,37,38). The normalized spacial score (nSPS) is 20.3. The van der Waals surface area contributed by atoms with Crippen LogP contribution in [0.4, 0.5) is 22.0 Å². The van der Waals surface area contributed by atoms with E-state index in [1.807, 2.05) is 31.2 Å². The second kappa shape index (κ2) is 13.2. The highest BCUT2D eigenvalue weighted by atomic mass is 32.2. The van der Waals surface area contributed by atoms with Gasteiger partial charge in [-0.25, -0.2) is 26.9 Å². The smallest absolute Gasteiger partial charge is 0.257 e. The van der Waals surface area contributed by atoms with E-state index in [4.69, 9.17) is 9.47 Å². The number of carbonyl (C=O) groups excluding carboxylic acids is 1. The van der Waals surface area contributed by atoms with Crippen LogP contribution in [0.5, 0.6) is 0 Å². The molecule has 4 aromatic rings. The molecule has 1 aromatic heterocycles. The first-order chi connectivity index (χ1) is 20.7. The maximum absolute atomic E-state index is 14.0. The van der Waals surface area contributed by atoms with Crippen molar-refractivity contribution in [2.45, 2.75) is 43.7 Å². The van der Waals surface area contributed by atoms with Gasteiger partial charge in [-0.05, 0) is 16.7 Å². The fraction of sp³-hybridized carbons (Fsp3) is 0.276. The topological polar surface area (TPSA) is 109 Å². The van der Waals surface area contributed by atoms with E-state index in [0.717, 1.165) is 11.1 Å². The van der Waals surface area contributed by atoms with Gasteiger partial charge in [0.1, 0.15) is 11.9 Å². The molecule has 0 aliphatic carbocycles. The average Bonchev–Trinajstić information content (AvgIpc) is 3.55.